The van der Waals surface area contributed by atoms with Crippen molar-refractivity contribution in [1.29, 1.82) is 0 Å². The summed E-state index contributed by atoms with van der Waals surface area (Å²) < 4.78 is 5.49. The number of oxime groups is 1. The highest BCUT2D eigenvalue weighted by Gasteiger charge is 2.16. The number of benzene rings is 1. The minimum absolute atomic E-state index is 0.0136. The number of nitrogens with one attached hydrogen (secondary N) is 1. The third kappa shape index (κ3) is 4.75. The molecule has 6 nitrogen and oxygen atoms in total. The molecule has 1 atom stereocenters. The standard InChI is InChI=1S/C15H21N3O3/c16-15(18-20)12-4-1-3-11(9-12)10-17-14(19)7-6-13-5-2-8-21-13/h1,3-4,9,13,20H,2,5-8,10H2,(H2,16,18)(H,17,19). The number of nitrogens with two attached hydrogens (primary N) is 1. The Morgan fingerprint density at radius 2 is 2.38 bits per heavy atom. The first-order valence-corrected chi connectivity index (χ1v) is 7.14. The van der Waals surface area contributed by atoms with Crippen LogP contribution in [0.4, 0.5) is 0 Å². The van der Waals surface area contributed by atoms with Crippen molar-refractivity contribution >= 4 is 11.7 Å². The maximum absolute atomic E-state index is 11.8. The zero-order valence-corrected chi connectivity index (χ0v) is 11.9. The third-order valence-electron chi connectivity index (χ3n) is 3.54. The molecule has 1 fully saturated rings. The van der Waals surface area contributed by atoms with Crippen molar-refractivity contribution < 1.29 is 14.7 Å². The van der Waals surface area contributed by atoms with Crippen LogP contribution < -0.4 is 11.1 Å². The van der Waals surface area contributed by atoms with Gasteiger partial charge in [-0.2, -0.15) is 0 Å². The Morgan fingerprint density at radius 1 is 1.52 bits per heavy atom. The summed E-state index contributed by atoms with van der Waals surface area (Å²) in [7, 11) is 0. The van der Waals surface area contributed by atoms with Gasteiger partial charge in [0.2, 0.25) is 5.91 Å². The Kier molecular flexibility index (Phi) is 5.57. The second-order valence-electron chi connectivity index (χ2n) is 5.14. The molecule has 0 radical (unpaired) electrons. The molecule has 4 N–H and O–H groups in total. The summed E-state index contributed by atoms with van der Waals surface area (Å²) in [5, 5.41) is 14.5. The Hall–Kier alpha value is -2.08. The topological polar surface area (TPSA) is 96.9 Å². The van der Waals surface area contributed by atoms with Crippen LogP contribution in [0.1, 0.15) is 36.8 Å². The molecule has 0 saturated carbocycles. The monoisotopic (exact) mass is 291 g/mol. The van der Waals surface area contributed by atoms with Gasteiger partial charge >= 0.3 is 0 Å². The summed E-state index contributed by atoms with van der Waals surface area (Å²) in [6.45, 7) is 1.24. The van der Waals surface area contributed by atoms with Crippen LogP contribution in [0.5, 0.6) is 0 Å². The summed E-state index contributed by atoms with van der Waals surface area (Å²) in [5.74, 6) is 0.0706. The third-order valence-corrected chi connectivity index (χ3v) is 3.54. The van der Waals surface area contributed by atoms with E-state index in [-0.39, 0.29) is 17.8 Å². The SMILES string of the molecule is NC(=NO)c1cccc(CNC(=O)CCC2CCCO2)c1. The molecular formula is C15H21N3O3. The number of carbonyl (C=O) groups excluding carboxylic acids is 1. The molecule has 0 aliphatic carbocycles. The molecule has 0 aromatic heterocycles. The van der Waals surface area contributed by atoms with E-state index in [2.05, 4.69) is 10.5 Å². The van der Waals surface area contributed by atoms with Gasteiger partial charge < -0.3 is 21.0 Å². The molecule has 1 saturated heterocycles. The van der Waals surface area contributed by atoms with Crippen LogP contribution in [0.3, 0.4) is 0 Å². The second kappa shape index (κ2) is 7.64. The van der Waals surface area contributed by atoms with Crippen molar-refractivity contribution in [2.45, 2.75) is 38.3 Å². The lowest BCUT2D eigenvalue weighted by Crippen LogP contribution is -2.24. The van der Waals surface area contributed by atoms with Crippen LogP contribution in [-0.4, -0.2) is 29.7 Å². The summed E-state index contributed by atoms with van der Waals surface area (Å²) in [4.78, 5) is 11.8. The van der Waals surface area contributed by atoms with Gasteiger partial charge in [-0.15, -0.1) is 0 Å². The van der Waals surface area contributed by atoms with Gasteiger partial charge in [0.25, 0.3) is 0 Å². The van der Waals surface area contributed by atoms with Crippen LogP contribution in [0.15, 0.2) is 29.4 Å². The molecule has 21 heavy (non-hydrogen) atoms. The van der Waals surface area contributed by atoms with E-state index in [9.17, 15) is 4.79 Å². The number of rotatable bonds is 6. The molecule has 1 aromatic rings. The van der Waals surface area contributed by atoms with Gasteiger partial charge in [-0.05, 0) is 30.9 Å². The van der Waals surface area contributed by atoms with Crippen LogP contribution in [0.25, 0.3) is 0 Å². The van der Waals surface area contributed by atoms with E-state index in [1.54, 1.807) is 18.2 Å². The van der Waals surface area contributed by atoms with E-state index in [0.29, 0.717) is 18.5 Å². The molecule has 1 unspecified atom stereocenters. The summed E-state index contributed by atoms with van der Waals surface area (Å²) >= 11 is 0. The zero-order valence-electron chi connectivity index (χ0n) is 11.9. The first-order valence-electron chi connectivity index (χ1n) is 7.14. The maximum atomic E-state index is 11.8. The Morgan fingerprint density at radius 3 is 3.10 bits per heavy atom. The van der Waals surface area contributed by atoms with Gasteiger partial charge in [0.1, 0.15) is 0 Å². The Labute approximate surface area is 124 Å². The van der Waals surface area contributed by atoms with Crippen molar-refractivity contribution in [2.75, 3.05) is 6.61 Å². The number of carbonyl (C=O) groups is 1. The number of amides is 1. The normalized spacial score (nSPS) is 18.7. The van der Waals surface area contributed by atoms with Gasteiger partial charge in [0, 0.05) is 25.1 Å². The molecule has 2 rings (SSSR count). The fourth-order valence-electron chi connectivity index (χ4n) is 2.35. The molecule has 114 valence electrons. The molecule has 1 aliphatic rings. The lowest BCUT2D eigenvalue weighted by molar-refractivity contribution is -0.121. The van der Waals surface area contributed by atoms with Gasteiger partial charge in [-0.3, -0.25) is 4.79 Å². The van der Waals surface area contributed by atoms with Gasteiger partial charge in [-0.1, -0.05) is 23.4 Å². The molecule has 1 aliphatic heterocycles. The maximum Gasteiger partial charge on any atom is 0.220 e. The highest BCUT2D eigenvalue weighted by molar-refractivity contribution is 5.97. The average Bonchev–Trinajstić information content (AvgIpc) is 3.04. The molecule has 1 aromatic carbocycles. The minimum Gasteiger partial charge on any atom is -0.409 e. The molecule has 6 heteroatoms. The fraction of sp³-hybridized carbons (Fsp3) is 0.467. The van der Waals surface area contributed by atoms with Crippen LogP contribution in [-0.2, 0) is 16.1 Å². The predicted octanol–water partition coefficient (Wildman–Crippen LogP) is 1.36. The molecule has 1 heterocycles. The van der Waals surface area contributed by atoms with E-state index in [1.165, 1.54) is 0 Å². The van der Waals surface area contributed by atoms with Gasteiger partial charge in [-0.25, -0.2) is 0 Å². The van der Waals surface area contributed by atoms with Crippen molar-refractivity contribution in [2.24, 2.45) is 10.9 Å². The highest BCUT2D eigenvalue weighted by Crippen LogP contribution is 2.16. The van der Waals surface area contributed by atoms with E-state index in [4.69, 9.17) is 15.7 Å². The van der Waals surface area contributed by atoms with Crippen LogP contribution in [0.2, 0.25) is 0 Å². The molecule has 0 spiro atoms. The number of hydrogen-bond donors (Lipinski definition) is 3. The summed E-state index contributed by atoms with van der Waals surface area (Å²) in [5.41, 5.74) is 7.07. The first-order chi connectivity index (χ1) is 10.2. The molecule has 1 amide bonds. The largest absolute Gasteiger partial charge is 0.409 e. The lowest BCUT2D eigenvalue weighted by atomic mass is 10.1. The van der Waals surface area contributed by atoms with Crippen LogP contribution >= 0.6 is 0 Å². The van der Waals surface area contributed by atoms with Crippen LogP contribution in [0, 0.1) is 0 Å². The number of hydrogen-bond acceptors (Lipinski definition) is 4. The second-order valence-corrected chi connectivity index (χ2v) is 5.14. The minimum atomic E-state index is 0.0136. The quantitative estimate of drug-likeness (QED) is 0.319. The highest BCUT2D eigenvalue weighted by atomic mass is 16.5. The van der Waals surface area contributed by atoms with E-state index < -0.39 is 0 Å². The Bertz CT molecular complexity index is 511. The zero-order chi connectivity index (χ0) is 15.1. The summed E-state index contributed by atoms with van der Waals surface area (Å²) in [6.07, 6.45) is 3.63. The van der Waals surface area contributed by atoms with Crippen molar-refractivity contribution in [1.82, 2.24) is 5.32 Å². The predicted molar refractivity (Wildman–Crippen MR) is 79.0 cm³/mol. The van der Waals surface area contributed by atoms with Crippen molar-refractivity contribution in [3.8, 4) is 0 Å². The van der Waals surface area contributed by atoms with Gasteiger partial charge in [0.15, 0.2) is 5.84 Å². The van der Waals surface area contributed by atoms with E-state index in [0.717, 1.165) is 31.4 Å². The molecule has 0 bridgehead atoms. The summed E-state index contributed by atoms with van der Waals surface area (Å²) in [6, 6.07) is 7.23. The van der Waals surface area contributed by atoms with Gasteiger partial charge in [0.05, 0.1) is 6.10 Å². The fourth-order valence-corrected chi connectivity index (χ4v) is 2.35. The Balaban J connectivity index is 1.78. The lowest BCUT2D eigenvalue weighted by Gasteiger charge is -2.10. The van der Waals surface area contributed by atoms with E-state index >= 15 is 0 Å². The average molecular weight is 291 g/mol. The number of nitrogens with zero attached hydrogens (tertiary/aromatic N) is 1. The smallest absolute Gasteiger partial charge is 0.220 e. The number of amidine groups is 1. The first kappa shape index (κ1) is 15.3. The molecular weight excluding hydrogens is 270 g/mol. The van der Waals surface area contributed by atoms with E-state index in [1.807, 2.05) is 6.07 Å². The number of ether oxygens (including phenoxy) is 1. The van der Waals surface area contributed by atoms with Crippen molar-refractivity contribution in [3.63, 3.8) is 0 Å². The van der Waals surface area contributed by atoms with Crippen molar-refractivity contribution in [3.05, 3.63) is 35.4 Å².